The molecule has 0 aromatic carbocycles. The Labute approximate surface area is 114 Å². The first-order valence-electron chi connectivity index (χ1n) is 6.32. The van der Waals surface area contributed by atoms with Crippen LogP contribution in [0.3, 0.4) is 0 Å². The summed E-state index contributed by atoms with van der Waals surface area (Å²) in [5.74, 6) is -1.05. The number of aromatic carboxylic acids is 1. The number of fused-ring (bicyclic) bond motifs is 1. The summed E-state index contributed by atoms with van der Waals surface area (Å²) in [5, 5.41) is 9.19. The Kier molecular flexibility index (Phi) is 3.87. The van der Waals surface area contributed by atoms with Gasteiger partial charge in [0.2, 0.25) is 0 Å². The third-order valence-electron chi connectivity index (χ3n) is 3.35. The number of carboxylic acid groups (broad SMARTS) is 1. The van der Waals surface area contributed by atoms with Crippen molar-refractivity contribution in [2.75, 3.05) is 18.5 Å². The first-order valence-corrected chi connectivity index (χ1v) is 6.32. The van der Waals surface area contributed by atoms with Gasteiger partial charge in [-0.15, -0.1) is 0 Å². The van der Waals surface area contributed by atoms with E-state index in [4.69, 9.17) is 0 Å². The van der Waals surface area contributed by atoms with E-state index in [-0.39, 0.29) is 17.9 Å². The summed E-state index contributed by atoms with van der Waals surface area (Å²) in [6.07, 6.45) is -2.85. The molecule has 0 atom stereocenters. The van der Waals surface area contributed by atoms with Crippen LogP contribution in [0.15, 0.2) is 6.07 Å². The van der Waals surface area contributed by atoms with Crippen LogP contribution < -0.4 is 4.90 Å². The molecule has 110 valence electrons. The highest BCUT2D eigenvalue weighted by Gasteiger charge is 2.29. The number of anilines is 1. The number of hydrogen-bond donors (Lipinski definition) is 1. The first-order chi connectivity index (χ1) is 9.28. The Balaban J connectivity index is 2.27. The van der Waals surface area contributed by atoms with Gasteiger partial charge in [-0.2, -0.15) is 13.2 Å². The molecule has 0 unspecified atom stereocenters. The van der Waals surface area contributed by atoms with Gasteiger partial charge in [-0.05, 0) is 30.9 Å². The lowest BCUT2D eigenvalue weighted by Crippen LogP contribution is -2.27. The summed E-state index contributed by atoms with van der Waals surface area (Å²) >= 11 is 0. The SMILES string of the molecule is CN(CCC(F)(F)F)c1nc2c(cc1C(=O)O)CCC2. The molecular formula is C13H15F3N2O2. The van der Waals surface area contributed by atoms with E-state index in [1.807, 2.05) is 0 Å². The number of rotatable bonds is 4. The molecular weight excluding hydrogens is 273 g/mol. The summed E-state index contributed by atoms with van der Waals surface area (Å²) in [7, 11) is 1.43. The van der Waals surface area contributed by atoms with Gasteiger partial charge in [0.25, 0.3) is 0 Å². The normalized spacial score (nSPS) is 14.2. The van der Waals surface area contributed by atoms with Crippen LogP contribution >= 0.6 is 0 Å². The predicted octanol–water partition coefficient (Wildman–Crippen LogP) is 2.66. The average molecular weight is 288 g/mol. The number of carboxylic acids is 1. The predicted molar refractivity (Wildman–Crippen MR) is 67.2 cm³/mol. The second-order valence-electron chi connectivity index (χ2n) is 4.91. The molecule has 1 aromatic heterocycles. The summed E-state index contributed by atoms with van der Waals surface area (Å²) < 4.78 is 36.7. The zero-order valence-corrected chi connectivity index (χ0v) is 11.0. The highest BCUT2D eigenvalue weighted by atomic mass is 19.4. The third kappa shape index (κ3) is 3.20. The second kappa shape index (κ2) is 5.30. The maximum Gasteiger partial charge on any atom is 0.390 e. The Morgan fingerprint density at radius 1 is 1.45 bits per heavy atom. The lowest BCUT2D eigenvalue weighted by molar-refractivity contribution is -0.132. The molecule has 0 saturated carbocycles. The van der Waals surface area contributed by atoms with Crippen molar-refractivity contribution in [1.29, 1.82) is 0 Å². The van der Waals surface area contributed by atoms with Crippen LogP contribution in [0.1, 0.15) is 34.5 Å². The van der Waals surface area contributed by atoms with E-state index in [0.29, 0.717) is 0 Å². The van der Waals surface area contributed by atoms with Gasteiger partial charge in [-0.1, -0.05) is 0 Å². The van der Waals surface area contributed by atoms with E-state index >= 15 is 0 Å². The van der Waals surface area contributed by atoms with E-state index < -0.39 is 18.6 Å². The Bertz CT molecular complexity index is 529. The smallest absolute Gasteiger partial charge is 0.390 e. The third-order valence-corrected chi connectivity index (χ3v) is 3.35. The fourth-order valence-corrected chi connectivity index (χ4v) is 2.31. The highest BCUT2D eigenvalue weighted by molar-refractivity contribution is 5.93. The Morgan fingerprint density at radius 2 is 2.15 bits per heavy atom. The molecule has 1 aromatic rings. The number of alkyl halides is 3. The van der Waals surface area contributed by atoms with Gasteiger partial charge >= 0.3 is 12.1 Å². The number of nitrogens with zero attached hydrogens (tertiary/aromatic N) is 2. The molecule has 0 saturated heterocycles. The largest absolute Gasteiger partial charge is 0.478 e. The molecule has 0 radical (unpaired) electrons. The van der Waals surface area contributed by atoms with Crippen molar-refractivity contribution < 1.29 is 23.1 Å². The number of aryl methyl sites for hydroxylation is 2. The van der Waals surface area contributed by atoms with Crippen molar-refractivity contribution in [1.82, 2.24) is 4.98 Å². The van der Waals surface area contributed by atoms with Gasteiger partial charge in [0, 0.05) is 19.3 Å². The maximum absolute atomic E-state index is 12.2. The minimum absolute atomic E-state index is 0.0321. The molecule has 1 aliphatic rings. The van der Waals surface area contributed by atoms with Gasteiger partial charge in [0.1, 0.15) is 11.4 Å². The molecule has 0 spiro atoms. The van der Waals surface area contributed by atoms with Crippen molar-refractivity contribution >= 4 is 11.8 Å². The fraction of sp³-hybridized carbons (Fsp3) is 0.538. The molecule has 7 heteroatoms. The number of aromatic nitrogens is 1. The van der Waals surface area contributed by atoms with Gasteiger partial charge in [-0.25, -0.2) is 9.78 Å². The Morgan fingerprint density at radius 3 is 2.75 bits per heavy atom. The van der Waals surface area contributed by atoms with Crippen LogP contribution in [0, 0.1) is 0 Å². The van der Waals surface area contributed by atoms with E-state index in [0.717, 1.165) is 30.5 Å². The summed E-state index contributed by atoms with van der Waals surface area (Å²) in [5.41, 5.74) is 1.65. The first kappa shape index (κ1) is 14.6. The van der Waals surface area contributed by atoms with Crippen molar-refractivity contribution in [3.05, 3.63) is 22.9 Å². The monoisotopic (exact) mass is 288 g/mol. The van der Waals surface area contributed by atoms with Crippen LogP contribution in [-0.2, 0) is 12.8 Å². The maximum atomic E-state index is 12.2. The van der Waals surface area contributed by atoms with Crippen LogP contribution in [0.2, 0.25) is 0 Å². The minimum atomic E-state index is -4.27. The van der Waals surface area contributed by atoms with Crippen molar-refractivity contribution in [2.24, 2.45) is 0 Å². The van der Waals surface area contributed by atoms with Crippen molar-refractivity contribution in [3.8, 4) is 0 Å². The molecule has 0 bridgehead atoms. The van der Waals surface area contributed by atoms with E-state index in [1.165, 1.54) is 18.0 Å². The molecule has 0 amide bonds. The second-order valence-corrected chi connectivity index (χ2v) is 4.91. The quantitative estimate of drug-likeness (QED) is 0.925. The number of halogens is 3. The molecule has 1 heterocycles. The van der Waals surface area contributed by atoms with E-state index in [2.05, 4.69) is 4.98 Å². The highest BCUT2D eigenvalue weighted by Crippen LogP contribution is 2.28. The summed E-state index contributed by atoms with van der Waals surface area (Å²) in [6, 6.07) is 1.54. The Hall–Kier alpha value is -1.79. The fourth-order valence-electron chi connectivity index (χ4n) is 2.31. The van der Waals surface area contributed by atoms with Crippen molar-refractivity contribution in [2.45, 2.75) is 31.9 Å². The number of hydrogen-bond acceptors (Lipinski definition) is 3. The average Bonchev–Trinajstić information content (AvgIpc) is 2.80. The minimum Gasteiger partial charge on any atom is -0.478 e. The molecule has 2 rings (SSSR count). The lowest BCUT2D eigenvalue weighted by Gasteiger charge is -2.21. The lowest BCUT2D eigenvalue weighted by atomic mass is 10.1. The summed E-state index contributed by atoms with van der Waals surface area (Å²) in [6.45, 7) is -0.310. The molecule has 20 heavy (non-hydrogen) atoms. The molecule has 1 N–H and O–H groups in total. The zero-order chi connectivity index (χ0) is 14.9. The molecule has 0 aliphatic heterocycles. The van der Waals surface area contributed by atoms with Gasteiger partial charge in [0.15, 0.2) is 0 Å². The van der Waals surface area contributed by atoms with Crippen LogP contribution in [0.25, 0.3) is 0 Å². The standard InChI is InChI=1S/C13H15F3N2O2/c1-18(6-5-13(14,15)16)11-9(12(19)20)7-8-3-2-4-10(8)17-11/h7H,2-6H2,1H3,(H,19,20). The van der Waals surface area contributed by atoms with Gasteiger partial charge < -0.3 is 10.0 Å². The molecule has 1 aliphatic carbocycles. The van der Waals surface area contributed by atoms with Crippen LogP contribution in [0.5, 0.6) is 0 Å². The van der Waals surface area contributed by atoms with Crippen LogP contribution in [0.4, 0.5) is 19.0 Å². The van der Waals surface area contributed by atoms with Gasteiger partial charge in [-0.3, -0.25) is 0 Å². The van der Waals surface area contributed by atoms with E-state index in [1.54, 1.807) is 0 Å². The topological polar surface area (TPSA) is 53.4 Å². The van der Waals surface area contributed by atoms with Crippen LogP contribution in [-0.4, -0.2) is 35.8 Å². The van der Waals surface area contributed by atoms with E-state index in [9.17, 15) is 23.1 Å². The zero-order valence-electron chi connectivity index (χ0n) is 11.0. The number of carbonyl (C=O) groups is 1. The molecule has 0 fully saturated rings. The summed E-state index contributed by atoms with van der Waals surface area (Å²) in [4.78, 5) is 16.8. The molecule has 4 nitrogen and oxygen atoms in total. The number of pyridine rings is 1. The van der Waals surface area contributed by atoms with Crippen molar-refractivity contribution in [3.63, 3.8) is 0 Å². The van der Waals surface area contributed by atoms with Gasteiger partial charge in [0.05, 0.1) is 6.42 Å².